The zero-order valence-corrected chi connectivity index (χ0v) is 19.5. The molecule has 0 aliphatic rings. The molecule has 0 aromatic heterocycles. The van der Waals surface area contributed by atoms with Gasteiger partial charge in [0.05, 0.1) is 12.8 Å². The number of nitrogens with zero attached hydrogens (tertiary/aromatic N) is 2. The Morgan fingerprint density at radius 2 is 1.80 bits per heavy atom. The first-order valence-corrected chi connectivity index (χ1v) is 11.4. The van der Waals surface area contributed by atoms with E-state index in [1.54, 1.807) is 5.54 Å². The van der Waals surface area contributed by atoms with Gasteiger partial charge in [0.25, 0.3) is 0 Å². The highest BCUT2D eigenvalue weighted by atomic mass is 19.2. The van der Waals surface area contributed by atoms with Crippen molar-refractivity contribution in [1.29, 1.82) is 0 Å². The first kappa shape index (κ1) is 29.2. The lowest BCUT2D eigenvalue weighted by atomic mass is 10.2. The van der Waals surface area contributed by atoms with Crippen molar-refractivity contribution in [3.63, 3.8) is 0 Å². The van der Waals surface area contributed by atoms with E-state index in [1.807, 2.05) is 0 Å². The molecule has 8 nitrogen and oxygen atoms in total. The van der Waals surface area contributed by atoms with Crippen LogP contribution in [0, 0.1) is 0 Å². The van der Waals surface area contributed by atoms with Crippen molar-refractivity contribution in [3.8, 4) is 0 Å². The molecule has 30 heavy (non-hydrogen) atoms. The van der Waals surface area contributed by atoms with Crippen molar-refractivity contribution in [1.82, 2.24) is 20.7 Å². The maximum absolute atomic E-state index is 12.0. The third-order valence-corrected chi connectivity index (χ3v) is 4.92. The molecule has 0 aromatic rings. The van der Waals surface area contributed by atoms with Crippen molar-refractivity contribution < 1.29 is 18.7 Å². The first-order chi connectivity index (χ1) is 14.5. The van der Waals surface area contributed by atoms with E-state index in [2.05, 4.69) is 36.1 Å². The van der Waals surface area contributed by atoms with Crippen molar-refractivity contribution in [2.45, 2.75) is 64.4 Å². The largest absolute Gasteiger partial charge is 0.370 e. The zero-order valence-electron chi connectivity index (χ0n) is 19.5. The van der Waals surface area contributed by atoms with Crippen LogP contribution in [-0.4, -0.2) is 88.7 Å². The molecule has 0 heterocycles. The molecule has 0 bridgehead atoms. The number of unbranched alkanes of at least 4 members (excludes halogenated alkanes) is 3. The van der Waals surface area contributed by atoms with Crippen molar-refractivity contribution >= 4 is 5.91 Å². The molecule has 0 spiro atoms. The second kappa shape index (κ2) is 21.4. The smallest absolute Gasteiger partial charge is 0.217 e. The molecule has 0 aliphatic heterocycles. The second-order valence-electron chi connectivity index (χ2n) is 7.98. The van der Waals surface area contributed by atoms with Gasteiger partial charge in [-0.15, -0.1) is 4.48 Å². The number of hydrogen-bond donors (Lipinski definition) is 3. The molecule has 0 radical (unpaired) electrons. The Labute approximate surface area is 182 Å². The summed E-state index contributed by atoms with van der Waals surface area (Å²) < 4.78 is 23.6. The van der Waals surface area contributed by atoms with Gasteiger partial charge >= 0.3 is 0 Å². The summed E-state index contributed by atoms with van der Waals surface area (Å²) in [6.45, 7) is 7.83. The number of primary amides is 1. The highest BCUT2D eigenvalue weighted by molar-refractivity contribution is 5.73. The van der Waals surface area contributed by atoms with Gasteiger partial charge in [0.2, 0.25) is 5.91 Å². The van der Waals surface area contributed by atoms with Gasteiger partial charge in [-0.25, -0.2) is 0 Å². The molecule has 9 heteroatoms. The standard InChI is InChI=1S/C21H46FN5O3/c1-4-5-14-27(3)17-20(11-16-26(2)15-9-13-25-22)30-19-29-18-24-12-8-6-7-10-21(23)28/h20,24-25H,4-19H2,1-3H3,(H2,23,28). The number of nitrogens with one attached hydrogen (secondary N) is 2. The predicted octanol–water partition coefficient (Wildman–Crippen LogP) is 1.86. The fourth-order valence-corrected chi connectivity index (χ4v) is 3.04. The van der Waals surface area contributed by atoms with E-state index in [4.69, 9.17) is 15.2 Å². The molecular formula is C21H46FN5O3. The molecule has 0 saturated carbocycles. The van der Waals surface area contributed by atoms with E-state index in [0.29, 0.717) is 19.7 Å². The Bertz CT molecular complexity index is 394. The Morgan fingerprint density at radius 1 is 1.03 bits per heavy atom. The summed E-state index contributed by atoms with van der Waals surface area (Å²) in [5, 5.41) is 3.22. The summed E-state index contributed by atoms with van der Waals surface area (Å²) in [4.78, 5) is 15.2. The van der Waals surface area contributed by atoms with E-state index >= 15 is 0 Å². The lowest BCUT2D eigenvalue weighted by molar-refractivity contribution is -0.118. The van der Waals surface area contributed by atoms with Gasteiger partial charge in [-0.1, -0.05) is 19.8 Å². The lowest BCUT2D eigenvalue weighted by Gasteiger charge is -2.26. The van der Waals surface area contributed by atoms with E-state index in [1.165, 1.54) is 12.8 Å². The van der Waals surface area contributed by atoms with Crippen LogP contribution in [0.15, 0.2) is 0 Å². The number of nitrogens with two attached hydrogens (primary N) is 1. The minimum atomic E-state index is -0.235. The van der Waals surface area contributed by atoms with Crippen molar-refractivity contribution in [2.75, 3.05) is 66.9 Å². The van der Waals surface area contributed by atoms with Crippen LogP contribution in [-0.2, 0) is 14.3 Å². The normalized spacial score (nSPS) is 12.7. The number of carbonyl (C=O) groups is 1. The summed E-state index contributed by atoms with van der Waals surface area (Å²) in [5.41, 5.74) is 6.82. The minimum Gasteiger partial charge on any atom is -0.370 e. The molecule has 0 aliphatic carbocycles. The zero-order chi connectivity index (χ0) is 22.5. The predicted molar refractivity (Wildman–Crippen MR) is 120 cm³/mol. The number of rotatable bonds is 23. The highest BCUT2D eigenvalue weighted by Crippen LogP contribution is 2.05. The second-order valence-corrected chi connectivity index (χ2v) is 7.98. The Balaban J connectivity index is 3.99. The minimum absolute atomic E-state index is 0.0995. The SMILES string of the molecule is CCCCN(C)CC(CCN(C)CCCNF)OCOCNCCCCCC(N)=O. The van der Waals surface area contributed by atoms with Gasteiger partial charge in [-0.2, -0.15) is 5.54 Å². The summed E-state index contributed by atoms with van der Waals surface area (Å²) in [5.74, 6) is -0.235. The van der Waals surface area contributed by atoms with E-state index < -0.39 is 0 Å². The van der Waals surface area contributed by atoms with Gasteiger partial charge in [-0.05, 0) is 65.8 Å². The summed E-state index contributed by atoms with van der Waals surface area (Å²) >= 11 is 0. The molecule has 4 N–H and O–H groups in total. The third-order valence-electron chi connectivity index (χ3n) is 4.92. The summed E-state index contributed by atoms with van der Waals surface area (Å²) in [6.07, 6.45) is 7.42. The molecule has 1 atom stereocenters. The molecule has 180 valence electrons. The van der Waals surface area contributed by atoms with Crippen LogP contribution >= 0.6 is 0 Å². The molecule has 0 aromatic carbocycles. The fraction of sp³-hybridized carbons (Fsp3) is 0.952. The number of ether oxygens (including phenoxy) is 2. The third kappa shape index (κ3) is 20.4. The average molecular weight is 436 g/mol. The van der Waals surface area contributed by atoms with Crippen molar-refractivity contribution in [2.24, 2.45) is 5.73 Å². The average Bonchev–Trinajstić information content (AvgIpc) is 2.71. The summed E-state index contributed by atoms with van der Waals surface area (Å²) in [7, 11) is 4.18. The molecule has 1 unspecified atom stereocenters. The number of hydrogen-bond acceptors (Lipinski definition) is 7. The first-order valence-electron chi connectivity index (χ1n) is 11.4. The number of carbonyl (C=O) groups excluding carboxylic acids is 1. The number of likely N-dealkylation sites (N-methyl/N-ethyl adjacent to an activating group) is 1. The summed E-state index contributed by atoms with van der Waals surface area (Å²) in [6, 6.07) is 0. The van der Waals surface area contributed by atoms with Gasteiger partial charge in [0, 0.05) is 26.1 Å². The van der Waals surface area contributed by atoms with Crippen LogP contribution in [0.25, 0.3) is 0 Å². The van der Waals surface area contributed by atoms with Crippen LogP contribution in [0.4, 0.5) is 4.48 Å². The van der Waals surface area contributed by atoms with Gasteiger partial charge in [0.15, 0.2) is 0 Å². The van der Waals surface area contributed by atoms with Crippen LogP contribution in [0.2, 0.25) is 0 Å². The highest BCUT2D eigenvalue weighted by Gasteiger charge is 2.13. The van der Waals surface area contributed by atoms with E-state index in [9.17, 15) is 9.28 Å². The van der Waals surface area contributed by atoms with E-state index in [0.717, 1.165) is 64.8 Å². The van der Waals surface area contributed by atoms with E-state index in [-0.39, 0.29) is 18.8 Å². The maximum Gasteiger partial charge on any atom is 0.217 e. The van der Waals surface area contributed by atoms with Crippen LogP contribution in [0.1, 0.15) is 58.3 Å². The Hall–Kier alpha value is -0.840. The van der Waals surface area contributed by atoms with Gasteiger partial charge in [-0.3, -0.25) is 10.1 Å². The fourth-order valence-electron chi connectivity index (χ4n) is 3.04. The van der Waals surface area contributed by atoms with Crippen LogP contribution in [0.3, 0.4) is 0 Å². The van der Waals surface area contributed by atoms with Gasteiger partial charge < -0.3 is 25.0 Å². The maximum atomic E-state index is 12.0. The van der Waals surface area contributed by atoms with Crippen LogP contribution in [0.5, 0.6) is 0 Å². The molecule has 0 fully saturated rings. The monoisotopic (exact) mass is 435 g/mol. The topological polar surface area (TPSA) is 92.1 Å². The molecule has 0 saturated heterocycles. The molecule has 0 rings (SSSR count). The van der Waals surface area contributed by atoms with Crippen molar-refractivity contribution in [3.05, 3.63) is 0 Å². The number of amides is 1. The molecular weight excluding hydrogens is 389 g/mol. The molecule has 1 amide bonds. The van der Waals surface area contributed by atoms with Crippen LogP contribution < -0.4 is 16.6 Å². The quantitative estimate of drug-likeness (QED) is 0.128. The lowest BCUT2D eigenvalue weighted by Crippen LogP contribution is -2.35. The van der Waals surface area contributed by atoms with Gasteiger partial charge in [0.1, 0.15) is 6.79 Å². The Kier molecular flexibility index (Phi) is 20.8. The Morgan fingerprint density at radius 3 is 2.50 bits per heavy atom. The number of halogens is 1.